The molecule has 0 aromatic carbocycles. The Morgan fingerprint density at radius 1 is 1.50 bits per heavy atom. The van der Waals surface area contributed by atoms with Crippen LogP contribution < -0.4 is 5.32 Å². The van der Waals surface area contributed by atoms with Crippen LogP contribution in [0.15, 0.2) is 24.5 Å². The highest BCUT2D eigenvalue weighted by Gasteiger charge is 2.11. The van der Waals surface area contributed by atoms with Crippen LogP contribution in [0, 0.1) is 5.41 Å². The molecule has 18 heavy (non-hydrogen) atoms. The molecule has 1 atom stereocenters. The minimum atomic E-state index is 0.0193. The van der Waals surface area contributed by atoms with Crippen LogP contribution in [0.1, 0.15) is 25.0 Å². The zero-order chi connectivity index (χ0) is 12.8. The topological polar surface area (TPSA) is 78.2 Å². The number of pyridine rings is 1. The standard InChI is InChI=1S/C13H17N3O2/c14-7-10(12-5-4-11(17)9-15-12)8-16-13-3-1-2-6-18-13/h4-5,7-9,13-14,16-17H,1-3,6H2/b10-8+,14-7?. The van der Waals surface area contributed by atoms with Gasteiger partial charge in [0.1, 0.15) is 12.0 Å². The SMILES string of the molecule is N=C/C(=C\NC1CCCCO1)c1ccc(O)cn1. The lowest BCUT2D eigenvalue weighted by atomic mass is 10.1. The maximum Gasteiger partial charge on any atom is 0.133 e. The highest BCUT2D eigenvalue weighted by Crippen LogP contribution is 2.14. The van der Waals surface area contributed by atoms with Crippen LogP contribution in [-0.4, -0.2) is 29.1 Å². The zero-order valence-electron chi connectivity index (χ0n) is 10.1. The molecule has 1 aliphatic rings. The summed E-state index contributed by atoms with van der Waals surface area (Å²) in [4.78, 5) is 4.06. The Morgan fingerprint density at radius 2 is 2.39 bits per heavy atom. The van der Waals surface area contributed by atoms with Gasteiger partial charge in [-0.15, -0.1) is 0 Å². The predicted molar refractivity (Wildman–Crippen MR) is 69.4 cm³/mol. The van der Waals surface area contributed by atoms with Crippen molar-refractivity contribution < 1.29 is 9.84 Å². The molecule has 2 rings (SSSR count). The number of nitrogens with zero attached hydrogens (tertiary/aromatic N) is 1. The van der Waals surface area contributed by atoms with Crippen LogP contribution in [-0.2, 0) is 4.74 Å². The largest absolute Gasteiger partial charge is 0.506 e. The van der Waals surface area contributed by atoms with Crippen molar-refractivity contribution in [3.05, 3.63) is 30.2 Å². The maximum atomic E-state index is 9.17. The molecule has 0 radical (unpaired) electrons. The van der Waals surface area contributed by atoms with E-state index in [9.17, 15) is 5.11 Å². The van der Waals surface area contributed by atoms with E-state index in [2.05, 4.69) is 10.3 Å². The average Bonchev–Trinajstić information content (AvgIpc) is 2.42. The van der Waals surface area contributed by atoms with Gasteiger partial charge in [0.05, 0.1) is 11.9 Å². The molecule has 1 aromatic rings. The van der Waals surface area contributed by atoms with E-state index in [1.165, 1.54) is 12.4 Å². The van der Waals surface area contributed by atoms with Gasteiger partial charge in [-0.3, -0.25) is 4.98 Å². The number of rotatable bonds is 4. The summed E-state index contributed by atoms with van der Waals surface area (Å²) in [5, 5.41) is 19.7. The van der Waals surface area contributed by atoms with Crippen molar-refractivity contribution in [2.24, 2.45) is 0 Å². The van der Waals surface area contributed by atoms with Gasteiger partial charge in [0.2, 0.25) is 0 Å². The summed E-state index contributed by atoms with van der Waals surface area (Å²) in [6.07, 6.45) is 7.60. The Morgan fingerprint density at radius 3 is 3.00 bits per heavy atom. The molecule has 1 fully saturated rings. The van der Waals surface area contributed by atoms with Crippen molar-refractivity contribution >= 4 is 11.8 Å². The van der Waals surface area contributed by atoms with Crippen LogP contribution in [0.2, 0.25) is 0 Å². The van der Waals surface area contributed by atoms with E-state index in [1.54, 1.807) is 18.3 Å². The van der Waals surface area contributed by atoms with E-state index in [-0.39, 0.29) is 12.0 Å². The van der Waals surface area contributed by atoms with Gasteiger partial charge in [0.15, 0.2) is 0 Å². The molecule has 0 spiro atoms. The Kier molecular flexibility index (Phi) is 4.30. The fraction of sp³-hybridized carbons (Fsp3) is 0.385. The molecule has 1 unspecified atom stereocenters. The van der Waals surface area contributed by atoms with Crippen molar-refractivity contribution in [3.8, 4) is 5.75 Å². The van der Waals surface area contributed by atoms with Gasteiger partial charge >= 0.3 is 0 Å². The lowest BCUT2D eigenvalue weighted by molar-refractivity contribution is 0.00348. The van der Waals surface area contributed by atoms with Gasteiger partial charge in [-0.1, -0.05) is 0 Å². The second kappa shape index (κ2) is 6.16. The van der Waals surface area contributed by atoms with Crippen LogP contribution in [0.4, 0.5) is 0 Å². The Labute approximate surface area is 106 Å². The maximum absolute atomic E-state index is 9.17. The first-order chi connectivity index (χ1) is 8.79. The van der Waals surface area contributed by atoms with Gasteiger partial charge in [-0.2, -0.15) is 0 Å². The first-order valence-electron chi connectivity index (χ1n) is 6.03. The molecule has 1 saturated heterocycles. The number of hydrogen-bond donors (Lipinski definition) is 3. The summed E-state index contributed by atoms with van der Waals surface area (Å²) in [6, 6.07) is 3.23. The van der Waals surface area contributed by atoms with Crippen molar-refractivity contribution in [1.29, 1.82) is 5.41 Å². The number of hydrogen-bond acceptors (Lipinski definition) is 5. The minimum absolute atomic E-state index is 0.0193. The lowest BCUT2D eigenvalue weighted by Gasteiger charge is -2.22. The molecular weight excluding hydrogens is 230 g/mol. The van der Waals surface area contributed by atoms with E-state index in [0.29, 0.717) is 11.3 Å². The number of ether oxygens (including phenoxy) is 1. The number of aromatic nitrogens is 1. The Hall–Kier alpha value is -1.88. The van der Waals surface area contributed by atoms with Crippen LogP contribution in [0.25, 0.3) is 5.57 Å². The van der Waals surface area contributed by atoms with E-state index < -0.39 is 0 Å². The van der Waals surface area contributed by atoms with Gasteiger partial charge < -0.3 is 20.6 Å². The third kappa shape index (κ3) is 3.30. The molecule has 0 amide bonds. The quantitative estimate of drug-likeness (QED) is 0.710. The van der Waals surface area contributed by atoms with Crippen LogP contribution >= 0.6 is 0 Å². The van der Waals surface area contributed by atoms with E-state index in [1.807, 2.05) is 0 Å². The average molecular weight is 247 g/mol. The summed E-state index contributed by atoms with van der Waals surface area (Å²) < 4.78 is 5.54. The molecule has 0 bridgehead atoms. The summed E-state index contributed by atoms with van der Waals surface area (Å²) in [6.45, 7) is 0.781. The molecule has 96 valence electrons. The summed E-state index contributed by atoms with van der Waals surface area (Å²) in [5.74, 6) is 0.117. The first kappa shape index (κ1) is 12.6. The molecule has 5 heteroatoms. The fourth-order valence-corrected chi connectivity index (χ4v) is 1.80. The zero-order valence-corrected chi connectivity index (χ0v) is 10.1. The highest BCUT2D eigenvalue weighted by atomic mass is 16.5. The van der Waals surface area contributed by atoms with Crippen molar-refractivity contribution in [3.63, 3.8) is 0 Å². The smallest absolute Gasteiger partial charge is 0.133 e. The van der Waals surface area contributed by atoms with Gasteiger partial charge in [-0.25, -0.2) is 0 Å². The first-order valence-corrected chi connectivity index (χ1v) is 6.03. The van der Waals surface area contributed by atoms with Crippen molar-refractivity contribution in [2.45, 2.75) is 25.5 Å². The minimum Gasteiger partial charge on any atom is -0.506 e. The molecular formula is C13H17N3O2. The Balaban J connectivity index is 2.03. The monoisotopic (exact) mass is 247 g/mol. The van der Waals surface area contributed by atoms with E-state index in [4.69, 9.17) is 10.1 Å². The summed E-state index contributed by atoms with van der Waals surface area (Å²) in [5.41, 5.74) is 1.30. The molecule has 1 aromatic heterocycles. The highest BCUT2D eigenvalue weighted by molar-refractivity contribution is 6.07. The van der Waals surface area contributed by atoms with E-state index >= 15 is 0 Å². The predicted octanol–water partition coefficient (Wildman–Crippen LogP) is 1.89. The lowest BCUT2D eigenvalue weighted by Crippen LogP contribution is -2.31. The number of nitrogens with one attached hydrogen (secondary N) is 2. The van der Waals surface area contributed by atoms with Gasteiger partial charge in [0.25, 0.3) is 0 Å². The second-order valence-corrected chi connectivity index (χ2v) is 4.17. The molecule has 2 heterocycles. The van der Waals surface area contributed by atoms with Crippen LogP contribution in [0.3, 0.4) is 0 Å². The third-order valence-corrected chi connectivity index (χ3v) is 2.80. The van der Waals surface area contributed by atoms with Crippen molar-refractivity contribution in [1.82, 2.24) is 10.3 Å². The second-order valence-electron chi connectivity index (χ2n) is 4.17. The fourth-order valence-electron chi connectivity index (χ4n) is 1.80. The summed E-state index contributed by atoms with van der Waals surface area (Å²) >= 11 is 0. The Bertz CT molecular complexity index is 422. The van der Waals surface area contributed by atoms with Crippen molar-refractivity contribution in [2.75, 3.05) is 6.61 Å². The molecule has 0 aliphatic carbocycles. The van der Waals surface area contributed by atoms with E-state index in [0.717, 1.165) is 25.9 Å². The molecule has 1 aliphatic heterocycles. The number of aromatic hydroxyl groups is 1. The summed E-state index contributed by atoms with van der Waals surface area (Å²) in [7, 11) is 0. The molecule has 0 saturated carbocycles. The van der Waals surface area contributed by atoms with Gasteiger partial charge in [-0.05, 0) is 31.4 Å². The normalized spacial score (nSPS) is 20.4. The molecule has 5 nitrogen and oxygen atoms in total. The number of allylic oxidation sites excluding steroid dienone is 1. The third-order valence-electron chi connectivity index (χ3n) is 2.80. The molecule has 3 N–H and O–H groups in total. The van der Waals surface area contributed by atoms with Crippen LogP contribution in [0.5, 0.6) is 5.75 Å². The van der Waals surface area contributed by atoms with Gasteiger partial charge in [0, 0.05) is 24.6 Å².